The van der Waals surface area contributed by atoms with Crippen LogP contribution in [0.3, 0.4) is 0 Å². The van der Waals surface area contributed by atoms with Crippen LogP contribution in [-0.2, 0) is 4.79 Å². The second-order valence-electron chi connectivity index (χ2n) is 4.69. The summed E-state index contributed by atoms with van der Waals surface area (Å²) in [6, 6.07) is 0. The Morgan fingerprint density at radius 3 is 2.53 bits per heavy atom. The summed E-state index contributed by atoms with van der Waals surface area (Å²) in [6.45, 7) is 8.01. The van der Waals surface area contributed by atoms with Gasteiger partial charge in [-0.3, -0.25) is 9.59 Å². The molecule has 0 aliphatic carbocycles. The second-order valence-corrected chi connectivity index (χ2v) is 4.69. The van der Waals surface area contributed by atoms with E-state index in [4.69, 9.17) is 9.63 Å². The molecule has 0 aliphatic rings. The first-order valence-electron chi connectivity index (χ1n) is 6.35. The number of hydrogen-bond acceptors (Lipinski definition) is 4. The Balaban J connectivity index is 2.97. The molecule has 1 heterocycles. The normalized spacial score (nSPS) is 10.8. The molecule has 0 spiro atoms. The molecular formula is C13H20N2O4. The van der Waals surface area contributed by atoms with Gasteiger partial charge < -0.3 is 14.5 Å². The molecular weight excluding hydrogens is 248 g/mol. The van der Waals surface area contributed by atoms with Crippen molar-refractivity contribution in [3.05, 3.63) is 17.0 Å². The van der Waals surface area contributed by atoms with E-state index in [9.17, 15) is 9.59 Å². The third-order valence-electron chi connectivity index (χ3n) is 2.89. The van der Waals surface area contributed by atoms with Crippen LogP contribution in [0.1, 0.15) is 54.9 Å². The molecule has 106 valence electrons. The molecule has 0 atom stereocenters. The van der Waals surface area contributed by atoms with Crippen molar-refractivity contribution in [2.45, 2.75) is 40.0 Å². The van der Waals surface area contributed by atoms with Crippen molar-refractivity contribution in [3.8, 4) is 0 Å². The average molecular weight is 268 g/mol. The fraction of sp³-hybridized carbons (Fsp3) is 0.615. The molecule has 6 heteroatoms. The van der Waals surface area contributed by atoms with Gasteiger partial charge in [0.05, 0.1) is 12.1 Å². The fourth-order valence-corrected chi connectivity index (χ4v) is 1.83. The zero-order chi connectivity index (χ0) is 14.6. The van der Waals surface area contributed by atoms with Crippen molar-refractivity contribution < 1.29 is 19.2 Å². The van der Waals surface area contributed by atoms with E-state index in [1.807, 2.05) is 20.8 Å². The molecule has 0 saturated carbocycles. The number of aryl methyl sites for hydroxylation is 1. The molecule has 1 N–H and O–H groups in total. The summed E-state index contributed by atoms with van der Waals surface area (Å²) in [5.41, 5.74) is 1.00. The number of carbonyl (C=O) groups is 2. The molecule has 0 radical (unpaired) electrons. The third-order valence-corrected chi connectivity index (χ3v) is 2.89. The van der Waals surface area contributed by atoms with Gasteiger partial charge in [0.15, 0.2) is 5.76 Å². The van der Waals surface area contributed by atoms with Crippen LogP contribution >= 0.6 is 0 Å². The van der Waals surface area contributed by atoms with E-state index in [0.717, 1.165) is 0 Å². The van der Waals surface area contributed by atoms with Crippen LogP contribution in [0.15, 0.2) is 4.52 Å². The van der Waals surface area contributed by atoms with Crippen LogP contribution in [0.4, 0.5) is 0 Å². The quantitative estimate of drug-likeness (QED) is 0.853. The molecule has 0 saturated heterocycles. The van der Waals surface area contributed by atoms with Gasteiger partial charge in [0.1, 0.15) is 5.56 Å². The van der Waals surface area contributed by atoms with E-state index in [1.54, 1.807) is 6.92 Å². The highest BCUT2D eigenvalue weighted by Crippen LogP contribution is 2.23. The van der Waals surface area contributed by atoms with E-state index in [1.165, 1.54) is 4.90 Å². The predicted molar refractivity (Wildman–Crippen MR) is 69.2 cm³/mol. The molecule has 0 bridgehead atoms. The maximum atomic E-state index is 12.4. The summed E-state index contributed by atoms with van der Waals surface area (Å²) < 4.78 is 5.18. The molecule has 1 aromatic rings. The van der Waals surface area contributed by atoms with Crippen molar-refractivity contribution in [3.63, 3.8) is 0 Å². The van der Waals surface area contributed by atoms with E-state index in [0.29, 0.717) is 23.6 Å². The van der Waals surface area contributed by atoms with Crippen molar-refractivity contribution in [1.29, 1.82) is 0 Å². The van der Waals surface area contributed by atoms with Crippen LogP contribution in [-0.4, -0.2) is 40.1 Å². The highest BCUT2D eigenvalue weighted by atomic mass is 16.5. The molecule has 19 heavy (non-hydrogen) atoms. The molecule has 1 amide bonds. The lowest BCUT2D eigenvalue weighted by Gasteiger charge is -2.20. The van der Waals surface area contributed by atoms with Gasteiger partial charge in [0.2, 0.25) is 0 Å². The van der Waals surface area contributed by atoms with Crippen molar-refractivity contribution in [2.75, 3.05) is 13.1 Å². The van der Waals surface area contributed by atoms with Crippen molar-refractivity contribution in [1.82, 2.24) is 10.1 Å². The van der Waals surface area contributed by atoms with Gasteiger partial charge in [-0.2, -0.15) is 0 Å². The zero-order valence-corrected chi connectivity index (χ0v) is 11.8. The summed E-state index contributed by atoms with van der Waals surface area (Å²) in [7, 11) is 0. The Kier molecular flexibility index (Phi) is 5.09. The number of aliphatic carboxylic acids is 1. The number of nitrogens with zero attached hydrogens (tertiary/aromatic N) is 2. The number of carboxylic acid groups (broad SMARTS) is 1. The van der Waals surface area contributed by atoms with E-state index in [-0.39, 0.29) is 24.8 Å². The van der Waals surface area contributed by atoms with Gasteiger partial charge in [0, 0.05) is 19.0 Å². The van der Waals surface area contributed by atoms with Crippen molar-refractivity contribution >= 4 is 11.9 Å². The van der Waals surface area contributed by atoms with Crippen LogP contribution in [0.25, 0.3) is 0 Å². The average Bonchev–Trinajstić information content (AvgIpc) is 2.71. The number of amides is 1. The lowest BCUT2D eigenvalue weighted by Crippen LogP contribution is -2.33. The second kappa shape index (κ2) is 6.36. The SMILES string of the molecule is CCN(CCC(=O)O)C(=O)c1c(C)noc1C(C)C. The number of hydrogen-bond donors (Lipinski definition) is 1. The molecule has 1 rings (SSSR count). The molecule has 6 nitrogen and oxygen atoms in total. The molecule has 0 aliphatic heterocycles. The Morgan fingerprint density at radius 1 is 1.42 bits per heavy atom. The number of aromatic nitrogens is 1. The van der Waals surface area contributed by atoms with Gasteiger partial charge in [-0.15, -0.1) is 0 Å². The van der Waals surface area contributed by atoms with Gasteiger partial charge >= 0.3 is 5.97 Å². The summed E-state index contributed by atoms with van der Waals surface area (Å²) in [4.78, 5) is 24.5. The standard InChI is InChI=1S/C13H20N2O4/c1-5-15(7-6-10(16)17)13(18)11-9(4)14-19-12(11)8(2)3/h8H,5-7H2,1-4H3,(H,16,17). The lowest BCUT2D eigenvalue weighted by molar-refractivity contribution is -0.137. The lowest BCUT2D eigenvalue weighted by atomic mass is 10.0. The Hall–Kier alpha value is -1.85. The number of carboxylic acids is 1. The van der Waals surface area contributed by atoms with Crippen LogP contribution < -0.4 is 0 Å². The first kappa shape index (κ1) is 15.2. The topological polar surface area (TPSA) is 83.6 Å². The summed E-state index contributed by atoms with van der Waals surface area (Å²) in [5.74, 6) is -0.529. The van der Waals surface area contributed by atoms with Crippen LogP contribution in [0.5, 0.6) is 0 Å². The Morgan fingerprint density at radius 2 is 2.05 bits per heavy atom. The maximum Gasteiger partial charge on any atom is 0.305 e. The number of rotatable bonds is 6. The zero-order valence-electron chi connectivity index (χ0n) is 11.8. The largest absolute Gasteiger partial charge is 0.481 e. The summed E-state index contributed by atoms with van der Waals surface area (Å²) in [6.07, 6.45) is -0.0685. The van der Waals surface area contributed by atoms with Gasteiger partial charge in [0.25, 0.3) is 5.91 Å². The van der Waals surface area contributed by atoms with Gasteiger partial charge in [-0.25, -0.2) is 0 Å². The Bertz CT molecular complexity index is 465. The summed E-state index contributed by atoms with van der Waals surface area (Å²) >= 11 is 0. The maximum absolute atomic E-state index is 12.4. The minimum Gasteiger partial charge on any atom is -0.481 e. The monoisotopic (exact) mass is 268 g/mol. The third kappa shape index (κ3) is 3.56. The molecule has 1 aromatic heterocycles. The smallest absolute Gasteiger partial charge is 0.305 e. The minimum atomic E-state index is -0.919. The highest BCUT2D eigenvalue weighted by molar-refractivity contribution is 5.96. The van der Waals surface area contributed by atoms with Gasteiger partial charge in [-0.05, 0) is 13.8 Å². The fourth-order valence-electron chi connectivity index (χ4n) is 1.83. The molecule has 0 fully saturated rings. The van der Waals surface area contributed by atoms with Crippen molar-refractivity contribution in [2.24, 2.45) is 0 Å². The predicted octanol–water partition coefficient (Wildman–Crippen LogP) is 2.04. The van der Waals surface area contributed by atoms with E-state index < -0.39 is 5.97 Å². The first-order valence-corrected chi connectivity index (χ1v) is 6.35. The van der Waals surface area contributed by atoms with E-state index in [2.05, 4.69) is 5.16 Å². The Labute approximate surface area is 112 Å². The van der Waals surface area contributed by atoms with E-state index >= 15 is 0 Å². The molecule has 0 unspecified atom stereocenters. The van der Waals surface area contributed by atoms with Crippen LogP contribution in [0, 0.1) is 6.92 Å². The summed E-state index contributed by atoms with van der Waals surface area (Å²) in [5, 5.41) is 12.5. The minimum absolute atomic E-state index is 0.0540. The number of carbonyl (C=O) groups excluding carboxylic acids is 1. The first-order chi connectivity index (χ1) is 8.88. The van der Waals surface area contributed by atoms with Gasteiger partial charge in [-0.1, -0.05) is 19.0 Å². The highest BCUT2D eigenvalue weighted by Gasteiger charge is 2.26. The van der Waals surface area contributed by atoms with Crippen LogP contribution in [0.2, 0.25) is 0 Å². The molecule has 0 aromatic carbocycles.